The molecule has 38 heavy (non-hydrogen) atoms. The highest BCUT2D eigenvalue weighted by molar-refractivity contribution is 14.1. The third-order valence-electron chi connectivity index (χ3n) is 7.05. The van der Waals surface area contributed by atoms with Crippen LogP contribution in [-0.2, 0) is 19.4 Å². The topological polar surface area (TPSA) is 50.7 Å². The molecule has 1 heterocycles. The van der Waals surface area contributed by atoms with Gasteiger partial charge in [0, 0.05) is 26.3 Å². The van der Waals surface area contributed by atoms with Gasteiger partial charge in [-0.15, -0.1) is 11.3 Å². The predicted molar refractivity (Wildman–Crippen MR) is 175 cm³/mol. The van der Waals surface area contributed by atoms with Gasteiger partial charge in [0.05, 0.1) is 19.2 Å². The summed E-state index contributed by atoms with van der Waals surface area (Å²) in [7, 11) is 0. The van der Waals surface area contributed by atoms with Gasteiger partial charge in [0.2, 0.25) is 0 Å². The third kappa shape index (κ3) is 6.87. The lowest BCUT2D eigenvalue weighted by Gasteiger charge is -2.23. The summed E-state index contributed by atoms with van der Waals surface area (Å²) in [6.45, 7) is 0.358. The van der Waals surface area contributed by atoms with Crippen molar-refractivity contribution in [2.45, 2.75) is 70.4 Å². The van der Waals surface area contributed by atoms with Crippen molar-refractivity contribution in [3.05, 3.63) is 74.6 Å². The summed E-state index contributed by atoms with van der Waals surface area (Å²) in [6, 6.07) is 9.93. The van der Waals surface area contributed by atoms with Crippen molar-refractivity contribution >= 4 is 96.8 Å². The molecule has 9 heteroatoms. The molecule has 2 aliphatic carbocycles. The highest BCUT2D eigenvalue weighted by Crippen LogP contribution is 2.40. The number of amides is 1. The van der Waals surface area contributed by atoms with E-state index in [9.17, 15) is 4.79 Å². The Morgan fingerprint density at radius 2 is 1.84 bits per heavy atom. The van der Waals surface area contributed by atoms with Crippen LogP contribution in [0.3, 0.4) is 0 Å². The molecule has 0 bridgehead atoms. The maximum atomic E-state index is 13.5. The van der Waals surface area contributed by atoms with Crippen molar-refractivity contribution in [2.24, 2.45) is 4.99 Å². The number of aliphatic imine (C=N–C) groups is 1. The zero-order valence-corrected chi connectivity index (χ0v) is 27.4. The van der Waals surface area contributed by atoms with Crippen LogP contribution in [0.4, 0.5) is 5.00 Å². The molecular weight excluding hydrogens is 765 g/mol. The van der Waals surface area contributed by atoms with Gasteiger partial charge in [-0.1, -0.05) is 48.5 Å². The first-order chi connectivity index (χ1) is 18.4. The van der Waals surface area contributed by atoms with E-state index in [0.717, 1.165) is 66.7 Å². The highest BCUT2D eigenvalue weighted by atomic mass is 127. The smallest absolute Gasteiger partial charge is 0.254 e. The van der Waals surface area contributed by atoms with Crippen LogP contribution in [0, 0.1) is 7.14 Å². The molecule has 2 aromatic carbocycles. The van der Waals surface area contributed by atoms with Crippen LogP contribution in [0.5, 0.6) is 5.75 Å². The number of halogens is 4. The number of carbonyl (C=O) groups excluding carboxylic acids is 1. The number of benzene rings is 2. The highest BCUT2D eigenvalue weighted by Gasteiger charge is 2.27. The third-order valence-corrected chi connectivity index (χ3v) is 10.4. The lowest BCUT2D eigenvalue weighted by atomic mass is 9.93. The second-order valence-corrected chi connectivity index (χ2v) is 14.1. The van der Waals surface area contributed by atoms with Crippen LogP contribution in [0.1, 0.15) is 76.9 Å². The summed E-state index contributed by atoms with van der Waals surface area (Å²) >= 11 is 18.5. The maximum absolute atomic E-state index is 13.5. The van der Waals surface area contributed by atoms with Crippen LogP contribution in [-0.4, -0.2) is 18.2 Å². The summed E-state index contributed by atoms with van der Waals surface area (Å²) in [5.41, 5.74) is 3.80. The molecule has 1 amide bonds. The van der Waals surface area contributed by atoms with Gasteiger partial charge in [-0.3, -0.25) is 4.79 Å². The molecular formula is C29H28Cl2I2N2O2S. The van der Waals surface area contributed by atoms with Crippen molar-refractivity contribution in [3.8, 4) is 5.75 Å². The fourth-order valence-corrected chi connectivity index (χ4v) is 8.72. The molecule has 3 aromatic rings. The summed E-state index contributed by atoms with van der Waals surface area (Å²) in [5, 5.41) is 5.16. The fourth-order valence-electron chi connectivity index (χ4n) is 5.12. The van der Waals surface area contributed by atoms with Crippen molar-refractivity contribution in [1.29, 1.82) is 0 Å². The Bertz CT molecular complexity index is 1370. The summed E-state index contributed by atoms with van der Waals surface area (Å²) in [5.74, 6) is 0.798. The SMILES string of the molecule is O=C(NC1CCCCC1)c1c(N=Cc2cc(I)cc(I)c2OCc2ccc(Cl)c(Cl)c2)sc2c1CCCC2. The second-order valence-electron chi connectivity index (χ2n) is 9.80. The van der Waals surface area contributed by atoms with E-state index in [1.807, 2.05) is 18.3 Å². The number of ether oxygens (including phenoxy) is 1. The minimum absolute atomic E-state index is 0.0387. The second kappa shape index (κ2) is 13.2. The molecule has 1 fully saturated rings. The van der Waals surface area contributed by atoms with E-state index in [0.29, 0.717) is 16.7 Å². The van der Waals surface area contributed by atoms with E-state index in [1.54, 1.807) is 17.4 Å². The molecule has 1 aromatic heterocycles. The van der Waals surface area contributed by atoms with Gasteiger partial charge >= 0.3 is 0 Å². The van der Waals surface area contributed by atoms with Crippen LogP contribution in [0.2, 0.25) is 10.0 Å². The number of thiophene rings is 1. The molecule has 1 N–H and O–H groups in total. The number of nitrogens with zero attached hydrogens (tertiary/aromatic N) is 1. The van der Waals surface area contributed by atoms with E-state index in [2.05, 4.69) is 62.6 Å². The molecule has 0 aliphatic heterocycles. The van der Waals surface area contributed by atoms with Crippen molar-refractivity contribution in [3.63, 3.8) is 0 Å². The monoisotopic (exact) mass is 792 g/mol. The van der Waals surface area contributed by atoms with Crippen molar-refractivity contribution in [1.82, 2.24) is 5.32 Å². The zero-order valence-electron chi connectivity index (χ0n) is 20.8. The lowest BCUT2D eigenvalue weighted by Crippen LogP contribution is -2.36. The largest absolute Gasteiger partial charge is 0.487 e. The number of rotatable bonds is 7. The minimum atomic E-state index is 0.0387. The van der Waals surface area contributed by atoms with E-state index in [4.69, 9.17) is 32.9 Å². The van der Waals surface area contributed by atoms with Crippen LogP contribution < -0.4 is 10.1 Å². The molecule has 0 radical (unpaired) electrons. The van der Waals surface area contributed by atoms with E-state index >= 15 is 0 Å². The van der Waals surface area contributed by atoms with E-state index in [1.165, 1.54) is 36.1 Å². The van der Waals surface area contributed by atoms with E-state index in [-0.39, 0.29) is 11.9 Å². The first kappa shape index (κ1) is 28.6. The van der Waals surface area contributed by atoms with Gasteiger partial charge in [0.25, 0.3) is 5.91 Å². The number of fused-ring (bicyclic) bond motifs is 1. The van der Waals surface area contributed by atoms with Gasteiger partial charge in [0.15, 0.2) is 0 Å². The predicted octanol–water partition coefficient (Wildman–Crippen LogP) is 9.53. The number of aryl methyl sites for hydroxylation is 1. The van der Waals surface area contributed by atoms with Gasteiger partial charge in [-0.2, -0.15) is 0 Å². The normalized spacial score (nSPS) is 16.0. The number of hydrogen-bond donors (Lipinski definition) is 1. The zero-order chi connectivity index (χ0) is 26.6. The summed E-state index contributed by atoms with van der Waals surface area (Å²) in [4.78, 5) is 19.8. The molecule has 0 atom stereocenters. The first-order valence-corrected chi connectivity index (χ1v) is 16.7. The Hall–Kier alpha value is -0.880. The van der Waals surface area contributed by atoms with Crippen molar-refractivity contribution < 1.29 is 9.53 Å². The number of carbonyl (C=O) groups is 1. The number of nitrogens with one attached hydrogen (secondary N) is 1. The first-order valence-electron chi connectivity index (χ1n) is 12.9. The van der Waals surface area contributed by atoms with Gasteiger partial charge in [0.1, 0.15) is 17.4 Å². The average Bonchev–Trinajstić information content (AvgIpc) is 3.28. The van der Waals surface area contributed by atoms with Crippen LogP contribution >= 0.6 is 79.7 Å². The average molecular weight is 793 g/mol. The van der Waals surface area contributed by atoms with Gasteiger partial charge < -0.3 is 10.1 Å². The Morgan fingerprint density at radius 1 is 1.05 bits per heavy atom. The Labute approximate surface area is 265 Å². The molecule has 0 saturated heterocycles. The van der Waals surface area contributed by atoms with Gasteiger partial charge in [-0.05, 0) is 119 Å². The lowest BCUT2D eigenvalue weighted by molar-refractivity contribution is 0.0927. The Balaban J connectivity index is 1.43. The quantitative estimate of drug-likeness (QED) is 0.192. The Morgan fingerprint density at radius 3 is 2.63 bits per heavy atom. The fraction of sp³-hybridized carbons (Fsp3) is 0.379. The van der Waals surface area contributed by atoms with Crippen LogP contribution in [0.15, 0.2) is 35.3 Å². The molecule has 2 aliphatic rings. The minimum Gasteiger partial charge on any atom is -0.487 e. The molecule has 0 unspecified atom stereocenters. The molecule has 1 saturated carbocycles. The van der Waals surface area contributed by atoms with Gasteiger partial charge in [-0.25, -0.2) is 4.99 Å². The van der Waals surface area contributed by atoms with Crippen molar-refractivity contribution in [2.75, 3.05) is 0 Å². The summed E-state index contributed by atoms with van der Waals surface area (Å²) < 4.78 is 8.36. The Kier molecular flexibility index (Phi) is 9.94. The molecule has 200 valence electrons. The van der Waals surface area contributed by atoms with E-state index < -0.39 is 0 Å². The number of hydrogen-bond acceptors (Lipinski definition) is 4. The van der Waals surface area contributed by atoms with Crippen LogP contribution in [0.25, 0.3) is 0 Å². The molecule has 4 nitrogen and oxygen atoms in total. The summed E-state index contributed by atoms with van der Waals surface area (Å²) in [6.07, 6.45) is 11.9. The molecule has 0 spiro atoms. The standard InChI is InChI=1S/C29H28Cl2I2N2O2S/c30-22-11-10-17(12-23(22)31)16-37-27-18(13-19(32)14-24(27)33)15-34-29-26(21-8-4-5-9-25(21)38-29)28(36)35-20-6-2-1-3-7-20/h10-15,20H,1-9,16H2,(H,35,36). The molecule has 5 rings (SSSR count). The maximum Gasteiger partial charge on any atom is 0.254 e.